The van der Waals surface area contributed by atoms with Crippen LogP contribution in [-0.2, 0) is 0 Å². The van der Waals surface area contributed by atoms with Crippen LogP contribution < -0.4 is 10.6 Å². The zero-order chi connectivity index (χ0) is 11.5. The molecule has 0 aromatic carbocycles. The van der Waals surface area contributed by atoms with Gasteiger partial charge in [-0.25, -0.2) is 0 Å². The zero-order valence-electron chi connectivity index (χ0n) is 9.13. The molecule has 0 spiro atoms. The molecule has 0 fully saturated rings. The van der Waals surface area contributed by atoms with E-state index in [1.807, 2.05) is 20.8 Å². The first-order valence-electron chi connectivity index (χ1n) is 4.69. The second-order valence-corrected chi connectivity index (χ2v) is 4.13. The lowest BCUT2D eigenvalue weighted by Crippen LogP contribution is -2.28. The van der Waals surface area contributed by atoms with Crippen molar-refractivity contribution in [3.63, 3.8) is 0 Å². The number of aromatic nitrogens is 3. The summed E-state index contributed by atoms with van der Waals surface area (Å²) in [5.74, 6) is 0.884. The summed E-state index contributed by atoms with van der Waals surface area (Å²) in [5, 5.41) is 6.15. The summed E-state index contributed by atoms with van der Waals surface area (Å²) in [7, 11) is 0. The topological polar surface area (TPSA) is 62.7 Å². The molecule has 1 aromatic rings. The molecule has 0 saturated heterocycles. The first-order valence-corrected chi connectivity index (χ1v) is 5.07. The summed E-state index contributed by atoms with van der Waals surface area (Å²) in [5.41, 5.74) is -0.353. The average molecular weight is 229 g/mol. The van der Waals surface area contributed by atoms with E-state index in [4.69, 9.17) is 11.6 Å². The molecule has 2 N–H and O–H groups in total. The van der Waals surface area contributed by atoms with Crippen molar-refractivity contribution < 1.29 is 0 Å². The van der Waals surface area contributed by atoms with Gasteiger partial charge in [0, 0.05) is 12.1 Å². The van der Waals surface area contributed by atoms with E-state index in [9.17, 15) is 0 Å². The Morgan fingerprint density at radius 1 is 1.27 bits per heavy atom. The van der Waals surface area contributed by atoms with Crippen LogP contribution in [-0.4, -0.2) is 27.0 Å². The highest BCUT2D eigenvalue weighted by Crippen LogP contribution is 2.13. The van der Waals surface area contributed by atoms with E-state index in [1.54, 1.807) is 0 Å². The lowest BCUT2D eigenvalue weighted by Gasteiger charge is -2.20. The lowest BCUT2D eigenvalue weighted by atomic mass is 10.1. The van der Waals surface area contributed by atoms with Crippen molar-refractivity contribution in [3.8, 4) is 0 Å². The van der Waals surface area contributed by atoms with Gasteiger partial charge in [0.15, 0.2) is 0 Å². The molecule has 83 valence electrons. The van der Waals surface area contributed by atoms with Crippen molar-refractivity contribution in [1.82, 2.24) is 15.0 Å². The van der Waals surface area contributed by atoms with E-state index in [0.717, 1.165) is 6.54 Å². The molecule has 1 heterocycles. The van der Waals surface area contributed by atoms with Crippen LogP contribution in [0.2, 0.25) is 5.28 Å². The standard InChI is InChI=1S/C9H15ClN5/c1-5-11-7-12-6(10)13-8(14-7)15-9(2,3)4/h2,5H2,1,3-4H3,(H2,11,12,13,14,15). The minimum Gasteiger partial charge on any atom is -0.354 e. The van der Waals surface area contributed by atoms with Crippen molar-refractivity contribution in [2.24, 2.45) is 0 Å². The number of hydrogen-bond donors (Lipinski definition) is 2. The van der Waals surface area contributed by atoms with Gasteiger partial charge in [0.2, 0.25) is 17.2 Å². The highest BCUT2D eigenvalue weighted by Gasteiger charge is 2.13. The van der Waals surface area contributed by atoms with Crippen molar-refractivity contribution in [1.29, 1.82) is 0 Å². The number of nitrogens with zero attached hydrogens (tertiary/aromatic N) is 3. The van der Waals surface area contributed by atoms with E-state index >= 15 is 0 Å². The Bertz CT molecular complexity index is 334. The van der Waals surface area contributed by atoms with Gasteiger partial charge in [0.1, 0.15) is 0 Å². The highest BCUT2D eigenvalue weighted by molar-refractivity contribution is 6.28. The van der Waals surface area contributed by atoms with Crippen LogP contribution in [0, 0.1) is 6.92 Å². The summed E-state index contributed by atoms with van der Waals surface area (Å²) < 4.78 is 0. The highest BCUT2D eigenvalue weighted by atomic mass is 35.5. The van der Waals surface area contributed by atoms with Crippen LogP contribution in [0.1, 0.15) is 20.8 Å². The van der Waals surface area contributed by atoms with Gasteiger partial charge in [-0.2, -0.15) is 15.0 Å². The van der Waals surface area contributed by atoms with Crippen LogP contribution in [0.4, 0.5) is 11.9 Å². The molecule has 5 nitrogen and oxygen atoms in total. The van der Waals surface area contributed by atoms with Crippen LogP contribution >= 0.6 is 11.6 Å². The molecule has 0 saturated carbocycles. The predicted octanol–water partition coefficient (Wildman–Crippen LogP) is 1.98. The maximum Gasteiger partial charge on any atom is 0.229 e. The molecule has 0 unspecified atom stereocenters. The Hall–Kier alpha value is -1.10. The van der Waals surface area contributed by atoms with Gasteiger partial charge in [-0.15, -0.1) is 0 Å². The molecule has 0 atom stereocenters. The molecule has 0 aliphatic carbocycles. The molecule has 0 bridgehead atoms. The zero-order valence-corrected chi connectivity index (χ0v) is 9.89. The van der Waals surface area contributed by atoms with Gasteiger partial charge in [-0.1, -0.05) is 0 Å². The predicted molar refractivity (Wildman–Crippen MR) is 62.1 cm³/mol. The second-order valence-electron chi connectivity index (χ2n) is 3.79. The maximum atomic E-state index is 5.75. The van der Waals surface area contributed by atoms with Crippen LogP contribution in [0.3, 0.4) is 0 Å². The molecule has 0 aliphatic rings. The fourth-order valence-electron chi connectivity index (χ4n) is 0.946. The molecule has 0 amide bonds. The summed E-state index contributed by atoms with van der Waals surface area (Å²) >= 11 is 5.75. The number of rotatable bonds is 4. The van der Waals surface area contributed by atoms with E-state index < -0.39 is 0 Å². The van der Waals surface area contributed by atoms with Gasteiger partial charge >= 0.3 is 0 Å². The van der Waals surface area contributed by atoms with Crippen LogP contribution in [0.5, 0.6) is 0 Å². The van der Waals surface area contributed by atoms with Gasteiger partial charge in [-0.3, -0.25) is 0 Å². The van der Waals surface area contributed by atoms with E-state index in [2.05, 4.69) is 32.5 Å². The van der Waals surface area contributed by atoms with E-state index in [1.165, 1.54) is 0 Å². The molecule has 1 radical (unpaired) electrons. The van der Waals surface area contributed by atoms with Crippen LogP contribution in [0.25, 0.3) is 0 Å². The molecule has 1 aromatic heterocycles. The van der Waals surface area contributed by atoms with Gasteiger partial charge in [0.25, 0.3) is 0 Å². The van der Waals surface area contributed by atoms with Gasteiger partial charge in [0.05, 0.1) is 0 Å². The van der Waals surface area contributed by atoms with Crippen molar-refractivity contribution in [2.75, 3.05) is 17.2 Å². The third-order valence-electron chi connectivity index (χ3n) is 1.39. The number of nitrogens with one attached hydrogen (secondary N) is 2. The summed E-state index contributed by atoms with van der Waals surface area (Å²) in [6, 6.07) is 0. The summed E-state index contributed by atoms with van der Waals surface area (Å²) in [6.07, 6.45) is 0. The molecule has 0 aliphatic heterocycles. The summed E-state index contributed by atoms with van der Waals surface area (Å²) in [4.78, 5) is 12.0. The maximum absolute atomic E-state index is 5.75. The SMILES string of the molecule is [CH2]C(C)(C)Nc1nc(Cl)nc(NCC)n1. The molecular weight excluding hydrogens is 214 g/mol. The molecule has 1 rings (SSSR count). The van der Waals surface area contributed by atoms with E-state index in [0.29, 0.717) is 11.9 Å². The normalized spacial score (nSPS) is 11.3. The third kappa shape index (κ3) is 4.29. The number of halogens is 1. The minimum atomic E-state index is -0.353. The Kier molecular flexibility index (Phi) is 3.68. The van der Waals surface area contributed by atoms with Crippen molar-refractivity contribution in [3.05, 3.63) is 12.2 Å². The number of anilines is 2. The fourth-order valence-corrected chi connectivity index (χ4v) is 1.11. The Balaban J connectivity index is 2.88. The fraction of sp³-hybridized carbons (Fsp3) is 0.556. The van der Waals surface area contributed by atoms with Gasteiger partial charge in [-0.05, 0) is 39.3 Å². The average Bonchev–Trinajstić information content (AvgIpc) is 1.99. The summed E-state index contributed by atoms with van der Waals surface area (Å²) in [6.45, 7) is 10.4. The Morgan fingerprint density at radius 3 is 2.40 bits per heavy atom. The van der Waals surface area contributed by atoms with E-state index in [-0.39, 0.29) is 10.8 Å². The quantitative estimate of drug-likeness (QED) is 0.825. The third-order valence-corrected chi connectivity index (χ3v) is 1.56. The van der Waals surface area contributed by atoms with Gasteiger partial charge < -0.3 is 10.6 Å². The Labute approximate surface area is 94.7 Å². The molecule has 6 heteroatoms. The monoisotopic (exact) mass is 228 g/mol. The first kappa shape index (κ1) is 12.0. The molecule has 15 heavy (non-hydrogen) atoms. The molecular formula is C9H15ClN5. The Morgan fingerprint density at radius 2 is 1.87 bits per heavy atom. The largest absolute Gasteiger partial charge is 0.354 e. The van der Waals surface area contributed by atoms with Crippen molar-refractivity contribution >= 4 is 23.5 Å². The number of hydrogen-bond acceptors (Lipinski definition) is 5. The van der Waals surface area contributed by atoms with Crippen molar-refractivity contribution in [2.45, 2.75) is 26.3 Å². The second kappa shape index (κ2) is 4.61. The van der Waals surface area contributed by atoms with Crippen LogP contribution in [0.15, 0.2) is 0 Å². The lowest BCUT2D eigenvalue weighted by molar-refractivity contribution is 0.695. The minimum absolute atomic E-state index is 0.160. The first-order chi connectivity index (χ1) is 6.90. The smallest absolute Gasteiger partial charge is 0.229 e.